The fourth-order valence-corrected chi connectivity index (χ4v) is 3.34. The summed E-state index contributed by atoms with van der Waals surface area (Å²) in [5.41, 5.74) is 2.59. The maximum Gasteiger partial charge on any atom is 0.223 e. The minimum Gasteiger partial charge on any atom is -0.391 e. The molecule has 1 fully saturated rings. The number of thioether (sulfide) groups is 1. The molecule has 1 amide bonds. The van der Waals surface area contributed by atoms with Gasteiger partial charge in [-0.3, -0.25) is 4.79 Å². The first-order valence-electron chi connectivity index (χ1n) is 7.22. The topological polar surface area (TPSA) is 40.5 Å². The molecule has 0 spiro atoms. The summed E-state index contributed by atoms with van der Waals surface area (Å²) in [7, 11) is 0. The predicted octanol–water partition coefficient (Wildman–Crippen LogP) is 2.77. The predicted molar refractivity (Wildman–Crippen MR) is 83.1 cm³/mol. The van der Waals surface area contributed by atoms with Gasteiger partial charge < -0.3 is 10.0 Å². The molecule has 1 aliphatic heterocycles. The summed E-state index contributed by atoms with van der Waals surface area (Å²) in [5, 5.41) is 9.59. The number of rotatable bonds is 4. The quantitative estimate of drug-likeness (QED) is 0.868. The minimum absolute atomic E-state index is 0.167. The Labute approximate surface area is 125 Å². The molecule has 1 aliphatic rings. The molecular formula is C16H23NO2S. The lowest BCUT2D eigenvalue weighted by molar-refractivity contribution is -0.133. The Morgan fingerprint density at radius 2 is 2.20 bits per heavy atom. The summed E-state index contributed by atoms with van der Waals surface area (Å²) in [4.78, 5) is 15.1. The third-order valence-electron chi connectivity index (χ3n) is 3.81. The second kappa shape index (κ2) is 7.14. The number of benzene rings is 1. The third kappa shape index (κ3) is 4.25. The molecule has 2 rings (SSSR count). The van der Waals surface area contributed by atoms with Crippen molar-refractivity contribution in [2.45, 2.75) is 44.1 Å². The maximum absolute atomic E-state index is 12.1. The molecule has 3 nitrogen and oxygen atoms in total. The van der Waals surface area contributed by atoms with Gasteiger partial charge in [0.2, 0.25) is 5.91 Å². The van der Waals surface area contributed by atoms with Crippen molar-refractivity contribution in [3.8, 4) is 0 Å². The van der Waals surface area contributed by atoms with Crippen molar-refractivity contribution in [1.29, 1.82) is 0 Å². The number of nitrogens with zero attached hydrogens (tertiary/aromatic N) is 1. The first-order chi connectivity index (χ1) is 9.56. The van der Waals surface area contributed by atoms with Crippen LogP contribution >= 0.6 is 11.8 Å². The number of likely N-dealkylation sites (tertiary alicyclic amines) is 1. The number of carbonyl (C=O) groups excluding carboxylic acids is 1. The molecule has 0 bridgehead atoms. The van der Waals surface area contributed by atoms with Crippen LogP contribution in [-0.4, -0.2) is 40.9 Å². The zero-order valence-electron chi connectivity index (χ0n) is 12.3. The van der Waals surface area contributed by atoms with E-state index in [9.17, 15) is 9.90 Å². The fraction of sp³-hybridized carbons (Fsp3) is 0.562. The number of aliphatic hydroxyl groups is 1. The van der Waals surface area contributed by atoms with Crippen molar-refractivity contribution >= 4 is 17.7 Å². The Morgan fingerprint density at radius 1 is 1.40 bits per heavy atom. The number of β-amino-alcohol motifs (C(OH)–C–C–N with tert-alkyl or cyclic N) is 1. The summed E-state index contributed by atoms with van der Waals surface area (Å²) in [6.07, 6.45) is 1.95. The fourth-order valence-electron chi connectivity index (χ4n) is 2.40. The van der Waals surface area contributed by atoms with Crippen molar-refractivity contribution in [1.82, 2.24) is 4.90 Å². The molecule has 1 unspecified atom stereocenters. The lowest BCUT2D eigenvalue weighted by Gasteiger charge is -2.30. The summed E-state index contributed by atoms with van der Waals surface area (Å²) in [6.45, 7) is 5.52. The smallest absolute Gasteiger partial charge is 0.223 e. The zero-order chi connectivity index (χ0) is 14.5. The summed E-state index contributed by atoms with van der Waals surface area (Å²) < 4.78 is 0. The highest BCUT2D eigenvalue weighted by Crippen LogP contribution is 2.22. The van der Waals surface area contributed by atoms with Gasteiger partial charge in [-0.15, -0.1) is 11.8 Å². The van der Waals surface area contributed by atoms with E-state index < -0.39 is 0 Å². The molecular weight excluding hydrogens is 270 g/mol. The van der Waals surface area contributed by atoms with Crippen LogP contribution in [0.1, 0.15) is 30.4 Å². The van der Waals surface area contributed by atoms with Gasteiger partial charge in [0.1, 0.15) is 0 Å². The van der Waals surface area contributed by atoms with Gasteiger partial charge in [0, 0.05) is 30.2 Å². The summed E-state index contributed by atoms with van der Waals surface area (Å²) >= 11 is 1.73. The van der Waals surface area contributed by atoms with Gasteiger partial charge in [-0.05, 0) is 49.9 Å². The lowest BCUT2D eigenvalue weighted by atomic mass is 10.1. The molecule has 0 saturated carbocycles. The highest BCUT2D eigenvalue weighted by atomic mass is 32.2. The number of amides is 1. The Kier molecular flexibility index (Phi) is 5.49. The van der Waals surface area contributed by atoms with Crippen LogP contribution in [0.2, 0.25) is 0 Å². The molecule has 1 aromatic rings. The van der Waals surface area contributed by atoms with E-state index in [4.69, 9.17) is 0 Å². The third-order valence-corrected chi connectivity index (χ3v) is 4.81. The van der Waals surface area contributed by atoms with E-state index in [1.165, 1.54) is 16.0 Å². The van der Waals surface area contributed by atoms with Crippen molar-refractivity contribution in [2.24, 2.45) is 0 Å². The van der Waals surface area contributed by atoms with E-state index in [1.807, 2.05) is 0 Å². The van der Waals surface area contributed by atoms with Crippen molar-refractivity contribution in [2.75, 3.05) is 18.8 Å². The van der Waals surface area contributed by atoms with Gasteiger partial charge in [0.25, 0.3) is 0 Å². The molecule has 1 heterocycles. The van der Waals surface area contributed by atoms with Gasteiger partial charge in [-0.1, -0.05) is 6.07 Å². The summed E-state index contributed by atoms with van der Waals surface area (Å²) in [5.74, 6) is 0.966. The number of aliphatic hydroxyl groups excluding tert-OH is 1. The Bertz CT molecular complexity index is 476. The lowest BCUT2D eigenvalue weighted by Crippen LogP contribution is -2.42. The minimum atomic E-state index is -0.333. The van der Waals surface area contributed by atoms with Crippen molar-refractivity contribution in [3.05, 3.63) is 29.3 Å². The van der Waals surface area contributed by atoms with E-state index in [-0.39, 0.29) is 12.0 Å². The average molecular weight is 293 g/mol. The summed E-state index contributed by atoms with van der Waals surface area (Å²) in [6, 6.07) is 6.41. The molecule has 1 N–H and O–H groups in total. The van der Waals surface area contributed by atoms with Crippen molar-refractivity contribution < 1.29 is 9.90 Å². The van der Waals surface area contributed by atoms with Crippen LogP contribution in [0.4, 0.5) is 0 Å². The number of piperidine rings is 1. The highest BCUT2D eigenvalue weighted by molar-refractivity contribution is 7.99. The molecule has 110 valence electrons. The maximum atomic E-state index is 12.1. The van der Waals surface area contributed by atoms with Gasteiger partial charge in [0.05, 0.1) is 6.10 Å². The number of carbonyl (C=O) groups is 1. The Hall–Kier alpha value is -1.00. The van der Waals surface area contributed by atoms with E-state index in [0.29, 0.717) is 13.0 Å². The second-order valence-corrected chi connectivity index (χ2v) is 6.65. The molecule has 1 atom stereocenters. The van der Waals surface area contributed by atoms with Crippen molar-refractivity contribution in [3.63, 3.8) is 0 Å². The Morgan fingerprint density at radius 3 is 2.90 bits per heavy atom. The Balaban J connectivity index is 1.77. The van der Waals surface area contributed by atoms with E-state index in [1.54, 1.807) is 16.7 Å². The number of hydrogen-bond acceptors (Lipinski definition) is 3. The second-order valence-electron chi connectivity index (χ2n) is 5.48. The van der Waals surface area contributed by atoms with Crippen LogP contribution in [0.15, 0.2) is 23.1 Å². The van der Waals surface area contributed by atoms with E-state index in [2.05, 4.69) is 32.0 Å². The van der Waals surface area contributed by atoms with Gasteiger partial charge >= 0.3 is 0 Å². The van der Waals surface area contributed by atoms with Crippen LogP contribution in [0.5, 0.6) is 0 Å². The zero-order valence-corrected chi connectivity index (χ0v) is 13.1. The molecule has 1 aromatic carbocycles. The highest BCUT2D eigenvalue weighted by Gasteiger charge is 2.21. The van der Waals surface area contributed by atoms with Crippen LogP contribution in [-0.2, 0) is 4.79 Å². The number of aryl methyl sites for hydroxylation is 2. The monoisotopic (exact) mass is 293 g/mol. The molecule has 20 heavy (non-hydrogen) atoms. The first kappa shape index (κ1) is 15.4. The average Bonchev–Trinajstić information content (AvgIpc) is 2.42. The van der Waals surface area contributed by atoms with Gasteiger partial charge in [-0.25, -0.2) is 0 Å². The van der Waals surface area contributed by atoms with Gasteiger partial charge in [0.15, 0.2) is 0 Å². The number of hydrogen-bond donors (Lipinski definition) is 1. The molecule has 1 saturated heterocycles. The SMILES string of the molecule is Cc1ccc(SCCC(=O)N2CCCC(O)C2)cc1C. The molecule has 4 heteroatoms. The normalized spacial score (nSPS) is 19.1. The first-order valence-corrected chi connectivity index (χ1v) is 8.20. The van der Waals surface area contributed by atoms with E-state index in [0.717, 1.165) is 25.1 Å². The molecule has 0 radical (unpaired) electrons. The molecule has 0 aromatic heterocycles. The van der Waals surface area contributed by atoms with Gasteiger partial charge in [-0.2, -0.15) is 0 Å². The van der Waals surface area contributed by atoms with E-state index >= 15 is 0 Å². The largest absolute Gasteiger partial charge is 0.391 e. The standard InChI is InChI=1S/C16H23NO2S/c1-12-5-6-15(10-13(12)2)20-9-7-16(19)17-8-3-4-14(18)11-17/h5-6,10,14,18H,3-4,7-9,11H2,1-2H3. The van der Waals surface area contributed by atoms with Crippen LogP contribution in [0, 0.1) is 13.8 Å². The van der Waals surface area contributed by atoms with Crippen LogP contribution < -0.4 is 0 Å². The molecule has 0 aliphatic carbocycles. The van der Waals surface area contributed by atoms with Crippen LogP contribution in [0.25, 0.3) is 0 Å². The van der Waals surface area contributed by atoms with Crippen LogP contribution in [0.3, 0.4) is 0 Å².